The lowest BCUT2D eigenvalue weighted by Crippen LogP contribution is -2.31. The van der Waals surface area contributed by atoms with Crippen molar-refractivity contribution in [1.29, 1.82) is 0 Å². The Morgan fingerprint density at radius 2 is 1.79 bits per heavy atom. The molecule has 0 aliphatic heterocycles. The third-order valence-corrected chi connectivity index (χ3v) is 5.69. The first-order valence-electron chi connectivity index (χ1n) is 8.97. The number of fused-ring (bicyclic) bond motifs is 1. The summed E-state index contributed by atoms with van der Waals surface area (Å²) in [6, 6.07) is 15.2. The first-order valence-corrected chi connectivity index (χ1v) is 9.79. The van der Waals surface area contributed by atoms with Crippen LogP contribution in [0.4, 0.5) is 5.13 Å². The van der Waals surface area contributed by atoms with Crippen LogP contribution >= 0.6 is 11.3 Å². The average molecular weight is 408 g/mol. The van der Waals surface area contributed by atoms with Crippen LogP contribution in [0, 0.1) is 0 Å². The molecule has 1 amide bonds. The summed E-state index contributed by atoms with van der Waals surface area (Å²) in [5.74, 6) is 1.15. The molecule has 8 heteroatoms. The van der Waals surface area contributed by atoms with E-state index in [0.717, 1.165) is 10.3 Å². The van der Waals surface area contributed by atoms with Crippen LogP contribution in [0.15, 0.2) is 54.7 Å². The molecule has 0 spiro atoms. The summed E-state index contributed by atoms with van der Waals surface area (Å²) < 4.78 is 13.3. The van der Waals surface area contributed by atoms with Crippen molar-refractivity contribution >= 4 is 32.6 Å². The van der Waals surface area contributed by atoms with Gasteiger partial charge in [-0.05, 0) is 23.8 Å². The Kier molecular flexibility index (Phi) is 5.18. The van der Waals surface area contributed by atoms with Crippen molar-refractivity contribution in [2.45, 2.75) is 6.54 Å². The van der Waals surface area contributed by atoms with Crippen LogP contribution in [0.25, 0.3) is 10.2 Å². The summed E-state index contributed by atoms with van der Waals surface area (Å²) in [5.41, 5.74) is 2.16. The van der Waals surface area contributed by atoms with E-state index in [1.54, 1.807) is 43.1 Å². The Labute approximate surface area is 172 Å². The van der Waals surface area contributed by atoms with Crippen molar-refractivity contribution in [3.63, 3.8) is 0 Å². The van der Waals surface area contributed by atoms with Crippen LogP contribution in [0.3, 0.4) is 0 Å². The molecule has 0 saturated carbocycles. The Morgan fingerprint density at radius 3 is 2.45 bits per heavy atom. The number of amides is 1. The molecule has 0 saturated heterocycles. The molecule has 2 aromatic heterocycles. The number of methoxy groups -OCH3 is 2. The summed E-state index contributed by atoms with van der Waals surface area (Å²) in [6.45, 7) is 0.384. The van der Waals surface area contributed by atoms with E-state index in [1.165, 1.54) is 11.3 Å². The van der Waals surface area contributed by atoms with Crippen molar-refractivity contribution in [1.82, 2.24) is 14.8 Å². The molecule has 0 aliphatic rings. The van der Waals surface area contributed by atoms with Gasteiger partial charge in [0.1, 0.15) is 27.4 Å². The van der Waals surface area contributed by atoms with Crippen LogP contribution in [0.5, 0.6) is 11.5 Å². The van der Waals surface area contributed by atoms with Crippen LogP contribution in [-0.2, 0) is 13.6 Å². The second-order valence-electron chi connectivity index (χ2n) is 6.36. The molecular weight excluding hydrogens is 388 g/mol. The molecule has 2 heterocycles. The molecule has 0 bridgehead atoms. The lowest BCUT2D eigenvalue weighted by atomic mass is 10.2. The smallest absolute Gasteiger partial charge is 0.278 e. The molecular formula is C21H20N4O3S. The maximum atomic E-state index is 13.4. The number of carbonyl (C=O) groups excluding carboxylic acids is 1. The monoisotopic (exact) mass is 408 g/mol. The maximum Gasteiger partial charge on any atom is 0.278 e. The lowest BCUT2D eigenvalue weighted by Gasteiger charge is -2.20. The molecule has 0 atom stereocenters. The van der Waals surface area contributed by atoms with E-state index in [-0.39, 0.29) is 5.91 Å². The first kappa shape index (κ1) is 18.9. The molecule has 0 N–H and O–H groups in total. The summed E-state index contributed by atoms with van der Waals surface area (Å²) in [7, 11) is 4.96. The fraction of sp³-hybridized carbons (Fsp3) is 0.190. The molecule has 7 nitrogen and oxygen atoms in total. The number of nitrogens with zero attached hydrogens (tertiary/aromatic N) is 4. The standard InChI is InChI=1S/C21H20N4O3S/c1-24-15(11-12-22-24)20(26)25(13-14-7-5-4-6-8-14)21-23-18-16(27-2)9-10-17(28-3)19(18)29-21/h4-12H,13H2,1-3H3. The third-order valence-electron chi connectivity index (χ3n) is 4.60. The lowest BCUT2D eigenvalue weighted by molar-refractivity contribution is 0.0976. The first-order chi connectivity index (χ1) is 14.1. The number of aryl methyl sites for hydroxylation is 1. The quantitative estimate of drug-likeness (QED) is 0.484. The fourth-order valence-electron chi connectivity index (χ4n) is 3.10. The van der Waals surface area contributed by atoms with Gasteiger partial charge in [-0.2, -0.15) is 5.10 Å². The van der Waals surface area contributed by atoms with Crippen molar-refractivity contribution in [2.24, 2.45) is 7.05 Å². The second kappa shape index (κ2) is 7.92. The molecule has 4 rings (SSSR count). The Hall–Kier alpha value is -3.39. The zero-order chi connectivity index (χ0) is 20.4. The highest BCUT2D eigenvalue weighted by Gasteiger charge is 2.25. The van der Waals surface area contributed by atoms with Gasteiger partial charge in [0, 0.05) is 13.2 Å². The van der Waals surface area contributed by atoms with Crippen molar-refractivity contribution in [2.75, 3.05) is 19.1 Å². The summed E-state index contributed by atoms with van der Waals surface area (Å²) >= 11 is 1.40. The highest BCUT2D eigenvalue weighted by molar-refractivity contribution is 7.22. The van der Waals surface area contributed by atoms with Crippen LogP contribution in [0.2, 0.25) is 0 Å². The van der Waals surface area contributed by atoms with E-state index in [4.69, 9.17) is 14.5 Å². The number of hydrogen-bond acceptors (Lipinski definition) is 6. The topological polar surface area (TPSA) is 69.5 Å². The van der Waals surface area contributed by atoms with Gasteiger partial charge in [-0.25, -0.2) is 4.98 Å². The minimum Gasteiger partial charge on any atom is -0.495 e. The van der Waals surface area contributed by atoms with Gasteiger partial charge in [0.25, 0.3) is 5.91 Å². The predicted octanol–water partition coefficient (Wildman–Crippen LogP) is 3.89. The largest absolute Gasteiger partial charge is 0.495 e. The van der Waals surface area contributed by atoms with Crippen molar-refractivity contribution in [3.8, 4) is 11.5 Å². The number of carbonyl (C=O) groups is 1. The summed E-state index contributed by atoms with van der Waals surface area (Å²) in [5, 5.41) is 4.70. The van der Waals surface area contributed by atoms with Gasteiger partial charge in [0.05, 0.1) is 20.8 Å². The number of anilines is 1. The molecule has 29 heavy (non-hydrogen) atoms. The number of ether oxygens (including phenoxy) is 2. The minimum absolute atomic E-state index is 0.175. The molecule has 148 valence electrons. The Balaban J connectivity index is 1.84. The van der Waals surface area contributed by atoms with E-state index in [0.29, 0.717) is 34.4 Å². The molecule has 4 aromatic rings. The van der Waals surface area contributed by atoms with Crippen LogP contribution in [0.1, 0.15) is 16.1 Å². The van der Waals surface area contributed by atoms with Crippen molar-refractivity contribution in [3.05, 3.63) is 66.0 Å². The summed E-state index contributed by atoms with van der Waals surface area (Å²) in [6.07, 6.45) is 1.61. The molecule has 0 radical (unpaired) electrons. The maximum absolute atomic E-state index is 13.4. The Morgan fingerprint density at radius 1 is 1.07 bits per heavy atom. The van der Waals surface area contributed by atoms with Gasteiger partial charge in [0.15, 0.2) is 5.13 Å². The van der Waals surface area contributed by atoms with Gasteiger partial charge in [0.2, 0.25) is 0 Å². The highest BCUT2D eigenvalue weighted by Crippen LogP contribution is 2.40. The third kappa shape index (κ3) is 3.54. The molecule has 2 aromatic carbocycles. The fourth-order valence-corrected chi connectivity index (χ4v) is 4.18. The van der Waals surface area contributed by atoms with Gasteiger partial charge in [-0.15, -0.1) is 0 Å². The van der Waals surface area contributed by atoms with Crippen LogP contribution in [-0.4, -0.2) is 34.9 Å². The van der Waals surface area contributed by atoms with Gasteiger partial charge >= 0.3 is 0 Å². The van der Waals surface area contributed by atoms with E-state index >= 15 is 0 Å². The van der Waals surface area contributed by atoms with Gasteiger partial charge < -0.3 is 9.47 Å². The van der Waals surface area contributed by atoms with Crippen LogP contribution < -0.4 is 14.4 Å². The van der Waals surface area contributed by atoms with E-state index < -0.39 is 0 Å². The number of thiazole rings is 1. The highest BCUT2D eigenvalue weighted by atomic mass is 32.1. The SMILES string of the molecule is COc1ccc(OC)c2sc(N(Cc3ccccc3)C(=O)c3ccnn3C)nc12. The van der Waals surface area contributed by atoms with E-state index in [9.17, 15) is 4.79 Å². The molecule has 0 unspecified atom stereocenters. The van der Waals surface area contributed by atoms with Gasteiger partial charge in [-0.1, -0.05) is 41.7 Å². The van der Waals surface area contributed by atoms with Gasteiger partial charge in [-0.3, -0.25) is 14.4 Å². The zero-order valence-electron chi connectivity index (χ0n) is 16.3. The second-order valence-corrected chi connectivity index (χ2v) is 7.34. The van der Waals surface area contributed by atoms with E-state index in [1.807, 2.05) is 42.5 Å². The summed E-state index contributed by atoms with van der Waals surface area (Å²) in [4.78, 5) is 19.8. The normalized spacial score (nSPS) is 10.9. The average Bonchev–Trinajstić information content (AvgIpc) is 3.38. The number of aromatic nitrogens is 3. The predicted molar refractivity (Wildman–Crippen MR) is 113 cm³/mol. The number of hydrogen-bond donors (Lipinski definition) is 0. The minimum atomic E-state index is -0.175. The zero-order valence-corrected chi connectivity index (χ0v) is 17.1. The molecule has 0 fully saturated rings. The Bertz CT molecular complexity index is 1110. The van der Waals surface area contributed by atoms with E-state index in [2.05, 4.69) is 5.10 Å². The number of benzene rings is 2. The van der Waals surface area contributed by atoms with Crippen molar-refractivity contribution < 1.29 is 14.3 Å². The number of rotatable bonds is 6. The molecule has 0 aliphatic carbocycles.